The van der Waals surface area contributed by atoms with Gasteiger partial charge in [0.1, 0.15) is 5.69 Å². The first kappa shape index (κ1) is 17.0. The van der Waals surface area contributed by atoms with Gasteiger partial charge >= 0.3 is 0 Å². The molecular weight excluding hydrogens is 334 g/mol. The van der Waals surface area contributed by atoms with Crippen molar-refractivity contribution in [1.29, 1.82) is 0 Å². The summed E-state index contributed by atoms with van der Waals surface area (Å²) in [5.41, 5.74) is 3.79. The molecule has 0 radical (unpaired) electrons. The first-order valence-electron chi connectivity index (χ1n) is 8.99. The number of amides is 1. The van der Waals surface area contributed by atoms with Gasteiger partial charge in [0.25, 0.3) is 5.91 Å². The molecule has 2 aromatic heterocycles. The van der Waals surface area contributed by atoms with Gasteiger partial charge in [0.15, 0.2) is 0 Å². The molecule has 4 aromatic rings. The third kappa shape index (κ3) is 3.34. The fraction of sp³-hybridized carbons (Fsp3) is 0.130. The highest BCUT2D eigenvalue weighted by Gasteiger charge is 2.17. The number of rotatable bonds is 4. The van der Waals surface area contributed by atoms with Crippen LogP contribution in [-0.4, -0.2) is 15.5 Å². The number of carbonyl (C=O) groups is 1. The van der Waals surface area contributed by atoms with E-state index in [0.29, 0.717) is 5.69 Å². The largest absolute Gasteiger partial charge is 0.346 e. The molecule has 1 amide bonds. The Bertz CT molecular complexity index is 1090. The molecule has 134 valence electrons. The van der Waals surface area contributed by atoms with Crippen molar-refractivity contribution in [3.05, 3.63) is 90.5 Å². The quantitative estimate of drug-likeness (QED) is 0.575. The number of aromatic nitrogens is 2. The van der Waals surface area contributed by atoms with Crippen molar-refractivity contribution in [2.24, 2.45) is 7.05 Å². The highest BCUT2D eigenvalue weighted by atomic mass is 16.2. The van der Waals surface area contributed by atoms with Crippen molar-refractivity contribution in [3.63, 3.8) is 0 Å². The summed E-state index contributed by atoms with van der Waals surface area (Å²) in [4.78, 5) is 16.9. The number of hydrogen-bond donors (Lipinski definition) is 1. The van der Waals surface area contributed by atoms with Gasteiger partial charge in [-0.15, -0.1) is 0 Å². The topological polar surface area (TPSA) is 46.9 Å². The molecule has 0 saturated carbocycles. The highest BCUT2D eigenvalue weighted by Crippen LogP contribution is 2.25. The van der Waals surface area contributed by atoms with E-state index in [1.165, 1.54) is 5.39 Å². The summed E-state index contributed by atoms with van der Waals surface area (Å²) < 4.78 is 1.86. The standard InChI is InChI=1S/C23H21N3O/c1-16(20-9-5-7-18-6-3-4-8-21(18)20)25-23(27)22-14-19(15-26(22)2)17-10-12-24-13-11-17/h3-16H,1-2H3,(H,25,27)/t16-/m1/s1. The highest BCUT2D eigenvalue weighted by molar-refractivity contribution is 5.95. The third-order valence-corrected chi connectivity index (χ3v) is 4.89. The zero-order valence-electron chi connectivity index (χ0n) is 15.4. The number of carbonyl (C=O) groups excluding carboxylic acids is 1. The molecule has 2 heterocycles. The van der Waals surface area contributed by atoms with Crippen LogP contribution in [0.1, 0.15) is 29.0 Å². The molecule has 4 rings (SSSR count). The van der Waals surface area contributed by atoms with E-state index in [1.54, 1.807) is 12.4 Å². The van der Waals surface area contributed by atoms with Gasteiger partial charge in [-0.25, -0.2) is 0 Å². The molecule has 4 nitrogen and oxygen atoms in total. The van der Waals surface area contributed by atoms with Crippen molar-refractivity contribution in [3.8, 4) is 11.1 Å². The Morgan fingerprint density at radius 2 is 1.74 bits per heavy atom. The second-order valence-electron chi connectivity index (χ2n) is 6.72. The number of hydrogen-bond acceptors (Lipinski definition) is 2. The van der Waals surface area contributed by atoms with Crippen molar-refractivity contribution in [1.82, 2.24) is 14.9 Å². The summed E-state index contributed by atoms with van der Waals surface area (Å²) in [5.74, 6) is -0.0850. The predicted octanol–water partition coefficient (Wildman–Crippen LogP) is 4.73. The van der Waals surface area contributed by atoms with Gasteiger partial charge in [0.2, 0.25) is 0 Å². The van der Waals surface area contributed by atoms with Gasteiger partial charge in [-0.1, -0.05) is 42.5 Å². The minimum absolute atomic E-state index is 0.0850. The lowest BCUT2D eigenvalue weighted by Gasteiger charge is -2.17. The molecule has 0 spiro atoms. The summed E-state index contributed by atoms with van der Waals surface area (Å²) in [5, 5.41) is 5.48. The van der Waals surface area contributed by atoms with E-state index in [-0.39, 0.29) is 11.9 Å². The monoisotopic (exact) mass is 355 g/mol. The smallest absolute Gasteiger partial charge is 0.268 e. The number of fused-ring (bicyclic) bond motifs is 1. The van der Waals surface area contributed by atoms with E-state index in [1.807, 2.05) is 61.1 Å². The maximum absolute atomic E-state index is 12.9. The van der Waals surface area contributed by atoms with Gasteiger partial charge < -0.3 is 9.88 Å². The average Bonchev–Trinajstić information content (AvgIpc) is 3.10. The van der Waals surface area contributed by atoms with Crippen LogP contribution in [0.5, 0.6) is 0 Å². The molecule has 2 aromatic carbocycles. The molecule has 0 aliphatic rings. The van der Waals surface area contributed by atoms with E-state index >= 15 is 0 Å². The van der Waals surface area contributed by atoms with E-state index in [0.717, 1.165) is 22.1 Å². The van der Waals surface area contributed by atoms with E-state index in [4.69, 9.17) is 0 Å². The summed E-state index contributed by atoms with van der Waals surface area (Å²) in [6.45, 7) is 2.02. The summed E-state index contributed by atoms with van der Waals surface area (Å²) >= 11 is 0. The van der Waals surface area contributed by atoms with Crippen molar-refractivity contribution in [2.75, 3.05) is 0 Å². The minimum atomic E-state index is -0.0946. The van der Waals surface area contributed by atoms with Crippen LogP contribution in [0.15, 0.2) is 79.3 Å². The Labute approximate surface area is 158 Å². The molecular formula is C23H21N3O. The number of aryl methyl sites for hydroxylation is 1. The Hall–Kier alpha value is -3.40. The van der Waals surface area contributed by atoms with Gasteiger partial charge in [0.05, 0.1) is 6.04 Å². The summed E-state index contributed by atoms with van der Waals surface area (Å²) in [7, 11) is 1.89. The molecule has 1 atom stereocenters. The molecule has 1 N–H and O–H groups in total. The fourth-order valence-corrected chi connectivity index (χ4v) is 3.47. The molecule has 27 heavy (non-hydrogen) atoms. The van der Waals surface area contributed by atoms with Gasteiger partial charge in [-0.3, -0.25) is 9.78 Å². The molecule has 0 aliphatic heterocycles. The van der Waals surface area contributed by atoms with Crippen molar-refractivity contribution in [2.45, 2.75) is 13.0 Å². The predicted molar refractivity (Wildman–Crippen MR) is 108 cm³/mol. The minimum Gasteiger partial charge on any atom is -0.346 e. The lowest BCUT2D eigenvalue weighted by Crippen LogP contribution is -2.28. The van der Waals surface area contributed by atoms with Crippen LogP contribution < -0.4 is 5.32 Å². The van der Waals surface area contributed by atoms with Crippen LogP contribution in [-0.2, 0) is 7.05 Å². The van der Waals surface area contributed by atoms with Crippen LogP contribution in [0.3, 0.4) is 0 Å². The maximum atomic E-state index is 12.9. The Morgan fingerprint density at radius 1 is 1.00 bits per heavy atom. The normalized spacial score (nSPS) is 12.1. The molecule has 0 bridgehead atoms. The Balaban J connectivity index is 1.60. The first-order valence-corrected chi connectivity index (χ1v) is 8.99. The lowest BCUT2D eigenvalue weighted by molar-refractivity contribution is 0.0932. The van der Waals surface area contributed by atoms with Gasteiger partial charge in [-0.2, -0.15) is 0 Å². The van der Waals surface area contributed by atoms with Crippen LogP contribution in [0.2, 0.25) is 0 Å². The zero-order valence-corrected chi connectivity index (χ0v) is 15.4. The maximum Gasteiger partial charge on any atom is 0.268 e. The molecule has 0 aliphatic carbocycles. The molecule has 4 heteroatoms. The Morgan fingerprint density at radius 3 is 2.56 bits per heavy atom. The SMILES string of the molecule is C[C@@H](NC(=O)c1cc(-c2ccncc2)cn1C)c1cccc2ccccc12. The summed E-state index contributed by atoms with van der Waals surface area (Å²) in [6.07, 6.45) is 5.47. The lowest BCUT2D eigenvalue weighted by atomic mass is 9.99. The number of benzene rings is 2. The summed E-state index contributed by atoms with van der Waals surface area (Å²) in [6, 6.07) is 20.1. The molecule has 0 saturated heterocycles. The third-order valence-electron chi connectivity index (χ3n) is 4.89. The fourth-order valence-electron chi connectivity index (χ4n) is 3.47. The van der Waals surface area contributed by atoms with Gasteiger partial charge in [-0.05, 0) is 47.0 Å². The number of nitrogens with zero attached hydrogens (tertiary/aromatic N) is 2. The van der Waals surface area contributed by atoms with Crippen molar-refractivity contribution < 1.29 is 4.79 Å². The first-order chi connectivity index (χ1) is 13.1. The second-order valence-corrected chi connectivity index (χ2v) is 6.72. The number of pyridine rings is 1. The van der Waals surface area contributed by atoms with Gasteiger partial charge in [0, 0.05) is 31.2 Å². The van der Waals surface area contributed by atoms with Crippen LogP contribution in [0, 0.1) is 0 Å². The van der Waals surface area contributed by atoms with Crippen LogP contribution >= 0.6 is 0 Å². The second kappa shape index (κ2) is 7.08. The zero-order chi connectivity index (χ0) is 18.8. The van der Waals surface area contributed by atoms with Crippen LogP contribution in [0.25, 0.3) is 21.9 Å². The van der Waals surface area contributed by atoms with E-state index in [9.17, 15) is 4.79 Å². The van der Waals surface area contributed by atoms with E-state index < -0.39 is 0 Å². The molecule has 0 unspecified atom stereocenters. The van der Waals surface area contributed by atoms with E-state index in [2.05, 4.69) is 34.6 Å². The average molecular weight is 355 g/mol. The van der Waals surface area contributed by atoms with Crippen molar-refractivity contribution >= 4 is 16.7 Å². The Kier molecular flexibility index (Phi) is 4.47. The molecule has 0 fully saturated rings. The van der Waals surface area contributed by atoms with Crippen LogP contribution in [0.4, 0.5) is 0 Å². The number of nitrogens with one attached hydrogen (secondary N) is 1.